The van der Waals surface area contributed by atoms with Gasteiger partial charge in [0.2, 0.25) is 0 Å². The Morgan fingerprint density at radius 1 is 1.60 bits per heavy atom. The van der Waals surface area contributed by atoms with Crippen LogP contribution in [0.3, 0.4) is 0 Å². The summed E-state index contributed by atoms with van der Waals surface area (Å²) in [5.41, 5.74) is -1.20. The molecule has 2 saturated carbocycles. The maximum absolute atomic E-state index is 7.63. The Morgan fingerprint density at radius 3 is 2.80 bits per heavy atom. The van der Waals surface area contributed by atoms with Gasteiger partial charge >= 0.3 is 0 Å². The molecule has 0 radical (unpaired) electrons. The van der Waals surface area contributed by atoms with Gasteiger partial charge in [0.05, 0.1) is 0 Å². The molecule has 0 unspecified atom stereocenters. The molecule has 2 bridgehead atoms. The van der Waals surface area contributed by atoms with Gasteiger partial charge in [-0.05, 0) is 36.5 Å². The van der Waals surface area contributed by atoms with E-state index in [0.29, 0.717) is 18.4 Å². The second-order valence-electron chi connectivity index (χ2n) is 3.54. The fourth-order valence-electron chi connectivity index (χ4n) is 2.28. The zero-order chi connectivity index (χ0) is 12.4. The molecule has 0 heteroatoms. The zero-order valence-corrected chi connectivity index (χ0v) is 5.98. The lowest BCUT2D eigenvalue weighted by Crippen LogP contribution is -2.21. The largest absolute Gasteiger partial charge is 0.0990 e. The Labute approximate surface area is 71.8 Å². The third-order valence-corrected chi connectivity index (χ3v) is 3.04. The van der Waals surface area contributed by atoms with Crippen molar-refractivity contribution in [3.05, 3.63) is 12.2 Å². The van der Waals surface area contributed by atoms with E-state index >= 15 is 0 Å². The van der Waals surface area contributed by atoms with Crippen LogP contribution in [0.4, 0.5) is 0 Å². The van der Waals surface area contributed by atoms with E-state index in [2.05, 4.69) is 6.58 Å². The summed E-state index contributed by atoms with van der Waals surface area (Å²) in [4.78, 5) is 0. The summed E-state index contributed by atoms with van der Waals surface area (Å²) in [6.07, 6.45) is 2.30. The Kier molecular flexibility index (Phi) is 0.442. The van der Waals surface area contributed by atoms with E-state index in [1.807, 2.05) is 0 Å². The SMILES string of the molecule is [2H]C([2H])([2H])C1(C([2H])([2H])[2H])C(=C)[C@H]2CC[C@@H]1C2. The molecule has 0 saturated heterocycles. The van der Waals surface area contributed by atoms with Crippen LogP contribution in [0, 0.1) is 17.3 Å². The van der Waals surface area contributed by atoms with Gasteiger partial charge < -0.3 is 0 Å². The summed E-state index contributed by atoms with van der Waals surface area (Å²) in [7, 11) is 0. The Balaban J connectivity index is 2.57. The monoisotopic (exact) mass is 142 g/mol. The molecule has 0 aliphatic heterocycles. The lowest BCUT2D eigenvalue weighted by atomic mass is 9.73. The molecular formula is C10H16. The maximum Gasteiger partial charge on any atom is 0.0239 e. The molecule has 0 aromatic rings. The lowest BCUT2D eigenvalue weighted by Gasteiger charge is -2.31. The van der Waals surface area contributed by atoms with Crippen molar-refractivity contribution < 1.29 is 8.22 Å². The molecule has 0 spiro atoms. The molecule has 2 aliphatic carbocycles. The molecule has 10 heavy (non-hydrogen) atoms. The van der Waals surface area contributed by atoms with Crippen molar-refractivity contribution in [3.63, 3.8) is 0 Å². The minimum atomic E-state index is -2.48. The number of fused-ring (bicyclic) bond motifs is 2. The molecular weight excluding hydrogens is 120 g/mol. The molecule has 0 amide bonds. The van der Waals surface area contributed by atoms with Crippen molar-refractivity contribution in [1.82, 2.24) is 0 Å². The predicted molar refractivity (Wildman–Crippen MR) is 43.8 cm³/mol. The van der Waals surface area contributed by atoms with Gasteiger partial charge in [0.15, 0.2) is 0 Å². The minimum Gasteiger partial charge on any atom is -0.0990 e. The van der Waals surface area contributed by atoms with E-state index < -0.39 is 19.1 Å². The third kappa shape index (κ3) is 0.574. The third-order valence-electron chi connectivity index (χ3n) is 3.04. The molecule has 0 aromatic heterocycles. The average Bonchev–Trinajstić information content (AvgIpc) is 2.57. The average molecular weight is 142 g/mol. The van der Waals surface area contributed by atoms with E-state index in [1.54, 1.807) is 0 Å². The van der Waals surface area contributed by atoms with E-state index in [9.17, 15) is 0 Å². The first-order valence-electron chi connectivity index (χ1n) is 6.81. The molecule has 2 atom stereocenters. The van der Waals surface area contributed by atoms with Crippen LogP contribution in [0.2, 0.25) is 0 Å². The van der Waals surface area contributed by atoms with Crippen molar-refractivity contribution in [3.8, 4) is 0 Å². The van der Waals surface area contributed by atoms with E-state index in [4.69, 9.17) is 8.22 Å². The van der Waals surface area contributed by atoms with Crippen LogP contribution in [-0.4, -0.2) is 0 Å². The van der Waals surface area contributed by atoms with Gasteiger partial charge in [-0.3, -0.25) is 0 Å². The highest BCUT2D eigenvalue weighted by atomic mass is 14.5. The first-order valence-corrected chi connectivity index (χ1v) is 3.81. The number of hydrogen-bond acceptors (Lipinski definition) is 0. The van der Waals surface area contributed by atoms with Crippen molar-refractivity contribution in [2.75, 3.05) is 0 Å². The smallest absolute Gasteiger partial charge is 0.0239 e. The summed E-state index contributed by atoms with van der Waals surface area (Å²) in [6, 6.07) is 0. The molecule has 0 N–H and O–H groups in total. The summed E-state index contributed by atoms with van der Waals surface area (Å²) in [5, 5.41) is 0. The molecule has 0 heterocycles. The van der Waals surface area contributed by atoms with Crippen LogP contribution in [0.25, 0.3) is 0 Å². The normalized spacial score (nSPS) is 54.2. The Morgan fingerprint density at radius 2 is 2.40 bits per heavy atom. The fraction of sp³-hybridized carbons (Fsp3) is 0.800. The van der Waals surface area contributed by atoms with Crippen LogP contribution >= 0.6 is 0 Å². The molecule has 2 rings (SSSR count). The maximum atomic E-state index is 7.63. The molecule has 2 aliphatic rings. The van der Waals surface area contributed by atoms with Crippen molar-refractivity contribution in [2.24, 2.45) is 17.3 Å². The van der Waals surface area contributed by atoms with Crippen LogP contribution in [0.1, 0.15) is 41.2 Å². The standard InChI is InChI=1S/C10H16/c1-7-8-4-5-9(6-8)10(7,2)3/h8-9H,1,4-6H2,2-3H3/t8-,9+/m0/s1/i2D3,3D3. The Hall–Kier alpha value is -0.260. The summed E-state index contributed by atoms with van der Waals surface area (Å²) >= 11 is 0. The van der Waals surface area contributed by atoms with Gasteiger partial charge in [-0.1, -0.05) is 25.9 Å². The first-order chi connectivity index (χ1) is 7.12. The highest BCUT2D eigenvalue weighted by molar-refractivity contribution is 5.22. The highest BCUT2D eigenvalue weighted by Crippen LogP contribution is 2.58. The van der Waals surface area contributed by atoms with Gasteiger partial charge in [-0.25, -0.2) is 0 Å². The first kappa shape index (κ1) is 2.66. The van der Waals surface area contributed by atoms with Crippen molar-refractivity contribution in [2.45, 2.75) is 33.0 Å². The summed E-state index contributed by atoms with van der Waals surface area (Å²) in [5.74, 6) is -0.143. The van der Waals surface area contributed by atoms with Gasteiger partial charge in [0, 0.05) is 8.22 Å². The van der Waals surface area contributed by atoms with Crippen LogP contribution in [-0.2, 0) is 0 Å². The van der Waals surface area contributed by atoms with Crippen LogP contribution in [0.15, 0.2) is 12.2 Å². The second kappa shape index (κ2) is 1.66. The van der Waals surface area contributed by atoms with Crippen molar-refractivity contribution >= 4 is 0 Å². The number of hydrogen-bond donors (Lipinski definition) is 0. The van der Waals surface area contributed by atoms with Crippen molar-refractivity contribution in [1.29, 1.82) is 0 Å². The van der Waals surface area contributed by atoms with Gasteiger partial charge in [-0.2, -0.15) is 0 Å². The second-order valence-corrected chi connectivity index (χ2v) is 3.54. The van der Waals surface area contributed by atoms with E-state index in [1.165, 1.54) is 0 Å². The molecule has 0 aromatic carbocycles. The molecule has 0 nitrogen and oxygen atoms in total. The van der Waals surface area contributed by atoms with Gasteiger partial charge in [0.1, 0.15) is 0 Å². The lowest BCUT2D eigenvalue weighted by molar-refractivity contribution is 0.289. The fourth-order valence-corrected chi connectivity index (χ4v) is 2.28. The quantitative estimate of drug-likeness (QED) is 0.456. The van der Waals surface area contributed by atoms with Gasteiger partial charge in [-0.15, -0.1) is 0 Å². The topological polar surface area (TPSA) is 0 Å². The zero-order valence-electron chi connectivity index (χ0n) is 12.0. The summed E-state index contributed by atoms with van der Waals surface area (Å²) in [6.45, 7) is -1.15. The Bertz CT molecular complexity index is 309. The number of allylic oxidation sites excluding steroid dienone is 1. The highest BCUT2D eigenvalue weighted by Gasteiger charge is 2.47. The minimum absolute atomic E-state index is 0.103. The van der Waals surface area contributed by atoms with Crippen LogP contribution < -0.4 is 0 Å². The summed E-state index contributed by atoms with van der Waals surface area (Å²) < 4.78 is 45.8. The van der Waals surface area contributed by atoms with E-state index in [0.717, 1.165) is 6.42 Å². The van der Waals surface area contributed by atoms with Gasteiger partial charge in [0.25, 0.3) is 0 Å². The molecule has 2 fully saturated rings. The van der Waals surface area contributed by atoms with Crippen LogP contribution in [0.5, 0.6) is 0 Å². The van der Waals surface area contributed by atoms with E-state index in [-0.39, 0.29) is 11.8 Å². The predicted octanol–water partition coefficient (Wildman–Crippen LogP) is 3.00. The molecule has 56 valence electrons. The number of rotatable bonds is 0.